The lowest BCUT2D eigenvalue weighted by Crippen LogP contribution is -2.30. The average Bonchev–Trinajstić information content (AvgIpc) is 2.78. The van der Waals surface area contributed by atoms with E-state index in [1.807, 2.05) is 12.1 Å². The number of carbonyl (C=O) groups is 1. The van der Waals surface area contributed by atoms with E-state index in [0.717, 1.165) is 12.0 Å². The van der Waals surface area contributed by atoms with E-state index >= 15 is 0 Å². The Morgan fingerprint density at radius 1 is 1.40 bits per heavy atom. The number of carbonyl (C=O) groups excluding carboxylic acids is 1. The zero-order valence-corrected chi connectivity index (χ0v) is 12.3. The number of methoxy groups -OCH3 is 1. The predicted molar refractivity (Wildman–Crippen MR) is 76.3 cm³/mol. The Morgan fingerprint density at radius 2 is 2.15 bits per heavy atom. The Bertz CT molecular complexity index is 583. The highest BCUT2D eigenvalue weighted by Crippen LogP contribution is 2.19. The van der Waals surface area contributed by atoms with E-state index in [-0.39, 0.29) is 17.0 Å². The van der Waals surface area contributed by atoms with E-state index in [1.165, 1.54) is 7.11 Å². The molecule has 6 heteroatoms. The summed E-state index contributed by atoms with van der Waals surface area (Å²) in [6.45, 7) is 0.884. The second-order valence-electron chi connectivity index (χ2n) is 4.91. The van der Waals surface area contributed by atoms with E-state index < -0.39 is 9.84 Å². The summed E-state index contributed by atoms with van der Waals surface area (Å²) >= 11 is 0. The first-order valence-corrected chi connectivity index (χ1v) is 8.34. The smallest absolute Gasteiger partial charge is 0.338 e. The van der Waals surface area contributed by atoms with Crippen LogP contribution in [-0.4, -0.2) is 39.0 Å². The van der Waals surface area contributed by atoms with Gasteiger partial charge in [0.2, 0.25) is 0 Å². The largest absolute Gasteiger partial charge is 0.465 e. The quantitative estimate of drug-likeness (QED) is 0.825. The molecular weight excluding hydrogens is 278 g/mol. The van der Waals surface area contributed by atoms with Gasteiger partial charge in [-0.3, -0.25) is 0 Å². The van der Waals surface area contributed by atoms with E-state index in [2.05, 4.69) is 5.32 Å². The fraction of sp³-hybridized carbons (Fsp3) is 0.500. The van der Waals surface area contributed by atoms with Crippen molar-refractivity contribution in [3.63, 3.8) is 0 Å². The summed E-state index contributed by atoms with van der Waals surface area (Å²) in [5.74, 6) is -0.0890. The molecule has 1 atom stereocenters. The van der Waals surface area contributed by atoms with Crippen molar-refractivity contribution < 1.29 is 17.9 Å². The molecule has 1 aliphatic heterocycles. The van der Waals surface area contributed by atoms with Crippen LogP contribution in [0.25, 0.3) is 0 Å². The first-order valence-electron chi connectivity index (χ1n) is 6.63. The predicted octanol–water partition coefficient (Wildman–Crippen LogP) is 1.14. The Morgan fingerprint density at radius 3 is 2.80 bits per heavy atom. The molecule has 1 aromatic rings. The summed E-state index contributed by atoms with van der Waals surface area (Å²) < 4.78 is 28.2. The maximum absolute atomic E-state index is 11.7. The maximum Gasteiger partial charge on any atom is 0.338 e. The van der Waals surface area contributed by atoms with Gasteiger partial charge in [-0.15, -0.1) is 0 Å². The topological polar surface area (TPSA) is 72.5 Å². The monoisotopic (exact) mass is 297 g/mol. The second-order valence-corrected chi connectivity index (χ2v) is 7.31. The molecule has 0 aromatic heterocycles. The van der Waals surface area contributed by atoms with Gasteiger partial charge in [-0.05, 0) is 24.5 Å². The molecule has 1 saturated heterocycles. The van der Waals surface area contributed by atoms with Gasteiger partial charge in [0, 0.05) is 13.1 Å². The van der Waals surface area contributed by atoms with Crippen LogP contribution in [0.4, 0.5) is 0 Å². The highest BCUT2D eigenvalue weighted by atomic mass is 32.2. The van der Waals surface area contributed by atoms with Crippen LogP contribution in [0.15, 0.2) is 24.3 Å². The summed E-state index contributed by atoms with van der Waals surface area (Å²) in [5.41, 5.74) is 1.33. The van der Waals surface area contributed by atoms with Crippen LogP contribution >= 0.6 is 0 Å². The third-order valence-electron chi connectivity index (χ3n) is 3.57. The average molecular weight is 297 g/mol. The van der Waals surface area contributed by atoms with Crippen molar-refractivity contribution in [3.05, 3.63) is 35.4 Å². The zero-order chi connectivity index (χ0) is 14.6. The van der Waals surface area contributed by atoms with Crippen LogP contribution in [0.1, 0.15) is 28.8 Å². The summed E-state index contributed by atoms with van der Waals surface area (Å²) in [6.07, 6.45) is 1.46. The van der Waals surface area contributed by atoms with Gasteiger partial charge in [-0.1, -0.05) is 18.2 Å². The summed E-state index contributed by atoms with van der Waals surface area (Å²) in [4.78, 5) is 11.6. The molecule has 1 aromatic carbocycles. The van der Waals surface area contributed by atoms with E-state index in [9.17, 15) is 13.2 Å². The first-order chi connectivity index (χ1) is 9.54. The minimum absolute atomic E-state index is 0.290. The van der Waals surface area contributed by atoms with Crippen LogP contribution < -0.4 is 5.32 Å². The van der Waals surface area contributed by atoms with Crippen molar-refractivity contribution in [1.82, 2.24) is 5.32 Å². The molecule has 0 aliphatic carbocycles. The van der Waals surface area contributed by atoms with Gasteiger partial charge < -0.3 is 10.1 Å². The molecule has 1 aliphatic rings. The maximum atomic E-state index is 11.7. The van der Waals surface area contributed by atoms with Crippen LogP contribution in [0.5, 0.6) is 0 Å². The number of hydrogen-bond acceptors (Lipinski definition) is 5. The second kappa shape index (κ2) is 6.37. The number of benzene rings is 1. The number of sulfone groups is 1. The van der Waals surface area contributed by atoms with Crippen molar-refractivity contribution >= 4 is 15.8 Å². The molecule has 110 valence electrons. The number of hydrogen-bond donors (Lipinski definition) is 1. The number of rotatable bonds is 5. The third-order valence-corrected chi connectivity index (χ3v) is 5.85. The van der Waals surface area contributed by atoms with E-state index in [1.54, 1.807) is 12.1 Å². The van der Waals surface area contributed by atoms with E-state index in [0.29, 0.717) is 25.1 Å². The van der Waals surface area contributed by atoms with Crippen molar-refractivity contribution in [1.29, 1.82) is 0 Å². The zero-order valence-electron chi connectivity index (χ0n) is 11.5. The van der Waals surface area contributed by atoms with E-state index in [4.69, 9.17) is 4.74 Å². The van der Waals surface area contributed by atoms with Gasteiger partial charge in [0.05, 0.1) is 23.7 Å². The lowest BCUT2D eigenvalue weighted by atomic mass is 10.1. The fourth-order valence-electron chi connectivity index (χ4n) is 2.44. The molecule has 1 unspecified atom stereocenters. The first kappa shape index (κ1) is 15.0. The molecule has 5 nitrogen and oxygen atoms in total. The standard InChI is InChI=1S/C14H19NO4S/c1-19-14(16)13-7-3-2-5-11(13)9-15-10-12-6-4-8-20(12,17)18/h2-3,5,7,12,15H,4,6,8-10H2,1H3. The van der Waals surface area contributed by atoms with Gasteiger partial charge in [-0.2, -0.15) is 0 Å². The number of ether oxygens (including phenoxy) is 1. The van der Waals surface area contributed by atoms with Crippen molar-refractivity contribution in [3.8, 4) is 0 Å². The molecule has 1 N–H and O–H groups in total. The molecule has 1 heterocycles. The molecule has 0 spiro atoms. The van der Waals surface area contributed by atoms with Gasteiger partial charge in [0.1, 0.15) is 0 Å². The van der Waals surface area contributed by atoms with Crippen molar-refractivity contribution in [2.75, 3.05) is 19.4 Å². The molecule has 1 fully saturated rings. The summed E-state index contributed by atoms with van der Waals surface area (Å²) in [5, 5.41) is 2.83. The fourth-order valence-corrected chi connectivity index (χ4v) is 4.24. The van der Waals surface area contributed by atoms with Crippen molar-refractivity contribution in [2.24, 2.45) is 0 Å². The molecule has 0 radical (unpaired) electrons. The normalized spacial score (nSPS) is 20.8. The van der Waals surface area contributed by atoms with Crippen molar-refractivity contribution in [2.45, 2.75) is 24.6 Å². The SMILES string of the molecule is COC(=O)c1ccccc1CNCC1CCCS1(=O)=O. The number of esters is 1. The van der Waals surface area contributed by atoms with Crippen LogP contribution in [0, 0.1) is 0 Å². The van der Waals surface area contributed by atoms with Gasteiger partial charge >= 0.3 is 5.97 Å². The van der Waals surface area contributed by atoms with Gasteiger partial charge in [0.25, 0.3) is 0 Å². The summed E-state index contributed by atoms with van der Waals surface area (Å²) in [6, 6.07) is 7.16. The Hall–Kier alpha value is -1.40. The lowest BCUT2D eigenvalue weighted by molar-refractivity contribution is 0.0599. The van der Waals surface area contributed by atoms with Crippen LogP contribution in [0.3, 0.4) is 0 Å². The minimum atomic E-state index is -2.93. The Labute approximate surface area is 119 Å². The lowest BCUT2D eigenvalue weighted by Gasteiger charge is -2.12. The molecular formula is C14H19NO4S. The third kappa shape index (κ3) is 3.37. The molecule has 20 heavy (non-hydrogen) atoms. The van der Waals surface area contributed by atoms with Crippen LogP contribution in [0.2, 0.25) is 0 Å². The Balaban J connectivity index is 1.96. The molecule has 0 amide bonds. The molecule has 0 bridgehead atoms. The van der Waals surface area contributed by atoms with Crippen LogP contribution in [-0.2, 0) is 21.1 Å². The van der Waals surface area contributed by atoms with Gasteiger partial charge in [0.15, 0.2) is 9.84 Å². The Kier molecular flexibility index (Phi) is 4.77. The molecule has 0 saturated carbocycles. The van der Waals surface area contributed by atoms with Gasteiger partial charge in [-0.25, -0.2) is 13.2 Å². The summed E-state index contributed by atoms with van der Waals surface area (Å²) in [7, 11) is -1.58. The number of nitrogens with one attached hydrogen (secondary N) is 1. The highest BCUT2D eigenvalue weighted by molar-refractivity contribution is 7.92. The minimum Gasteiger partial charge on any atom is -0.465 e. The highest BCUT2D eigenvalue weighted by Gasteiger charge is 2.30. The molecule has 2 rings (SSSR count).